The lowest BCUT2D eigenvalue weighted by Gasteiger charge is -2.07. The van der Waals surface area contributed by atoms with Gasteiger partial charge in [-0.1, -0.05) is 29.4 Å². The van der Waals surface area contributed by atoms with E-state index in [2.05, 4.69) is 27.4 Å². The Bertz CT molecular complexity index is 780. The first-order chi connectivity index (χ1) is 12.5. The topological polar surface area (TPSA) is 124 Å². The number of nitrogens with zero attached hydrogens (tertiary/aromatic N) is 3. The van der Waals surface area contributed by atoms with E-state index in [1.54, 1.807) is 24.3 Å². The molecule has 2 rings (SSSR count). The zero-order chi connectivity index (χ0) is 18.9. The van der Waals surface area contributed by atoms with Gasteiger partial charge in [-0.25, -0.2) is 9.47 Å². The number of hydrogen-bond acceptors (Lipinski definition) is 7. The van der Waals surface area contributed by atoms with Crippen LogP contribution in [-0.2, 0) is 11.4 Å². The second-order valence-corrected chi connectivity index (χ2v) is 6.23. The fourth-order valence-electron chi connectivity index (χ4n) is 1.68. The van der Waals surface area contributed by atoms with Crippen molar-refractivity contribution in [2.75, 3.05) is 18.1 Å². The van der Waals surface area contributed by atoms with Crippen molar-refractivity contribution in [1.82, 2.24) is 25.5 Å². The summed E-state index contributed by atoms with van der Waals surface area (Å²) in [6.45, 7) is 3.82. The highest BCUT2D eigenvalue weighted by atomic mass is 35.5. The van der Waals surface area contributed by atoms with Crippen LogP contribution in [0.5, 0.6) is 5.75 Å². The Morgan fingerprint density at radius 1 is 1.35 bits per heavy atom. The number of urea groups is 1. The minimum absolute atomic E-state index is 0.0467. The summed E-state index contributed by atoms with van der Waals surface area (Å²) in [7, 11) is 0. The molecule has 3 amide bonds. The number of aromatic nitrogens is 3. The van der Waals surface area contributed by atoms with Crippen LogP contribution in [0.1, 0.15) is 5.82 Å². The Hall–Kier alpha value is -2.72. The van der Waals surface area contributed by atoms with Crippen LogP contribution in [-0.4, -0.2) is 39.1 Å². The summed E-state index contributed by atoms with van der Waals surface area (Å²) in [5, 5.41) is 13.4. The molecule has 9 nitrogen and oxygen atoms in total. The van der Waals surface area contributed by atoms with Crippen LogP contribution in [0.2, 0.25) is 5.02 Å². The van der Waals surface area contributed by atoms with Gasteiger partial charge in [0.2, 0.25) is 11.1 Å². The summed E-state index contributed by atoms with van der Waals surface area (Å²) in [5.41, 5.74) is 0. The zero-order valence-electron chi connectivity index (χ0n) is 13.6. The van der Waals surface area contributed by atoms with Gasteiger partial charge in [0.25, 0.3) is 0 Å². The maximum atomic E-state index is 11.7. The molecule has 138 valence electrons. The number of amides is 3. The molecule has 11 heteroatoms. The molecule has 0 aliphatic rings. The Morgan fingerprint density at radius 2 is 2.08 bits per heavy atom. The van der Waals surface area contributed by atoms with Crippen molar-refractivity contribution in [2.45, 2.75) is 11.8 Å². The fraction of sp³-hybridized carbons (Fsp3) is 0.200. The fourth-order valence-corrected chi connectivity index (χ4v) is 2.49. The van der Waals surface area contributed by atoms with Crippen LogP contribution in [0, 0.1) is 0 Å². The molecular weight excluding hydrogens is 380 g/mol. The first-order valence-corrected chi connectivity index (χ1v) is 8.75. The van der Waals surface area contributed by atoms with Crippen LogP contribution in [0.25, 0.3) is 0 Å². The molecule has 0 saturated carbocycles. The van der Waals surface area contributed by atoms with Gasteiger partial charge < -0.3 is 15.9 Å². The highest BCUT2D eigenvalue weighted by Gasteiger charge is 2.14. The molecule has 0 fully saturated rings. The number of benzene rings is 1. The summed E-state index contributed by atoms with van der Waals surface area (Å²) < 4.78 is 6.77. The summed E-state index contributed by atoms with van der Waals surface area (Å²) >= 11 is 6.85. The lowest BCUT2D eigenvalue weighted by molar-refractivity contribution is -0.117. The van der Waals surface area contributed by atoms with Gasteiger partial charge in [-0.15, -0.1) is 16.8 Å². The number of thioether (sulfide) groups is 1. The average molecular weight is 397 g/mol. The molecule has 0 spiro atoms. The lowest BCUT2D eigenvalue weighted by Crippen LogP contribution is -2.40. The molecule has 26 heavy (non-hydrogen) atoms. The summed E-state index contributed by atoms with van der Waals surface area (Å²) in [4.78, 5) is 23.0. The van der Waals surface area contributed by atoms with E-state index >= 15 is 0 Å². The molecule has 0 aliphatic carbocycles. The van der Waals surface area contributed by atoms with Crippen LogP contribution in [0.4, 0.5) is 4.79 Å². The molecule has 4 N–H and O–H groups in total. The Labute approximate surface area is 158 Å². The predicted molar refractivity (Wildman–Crippen MR) is 98.4 cm³/mol. The van der Waals surface area contributed by atoms with E-state index in [-0.39, 0.29) is 18.9 Å². The third-order valence-electron chi connectivity index (χ3n) is 2.91. The molecule has 0 aliphatic heterocycles. The number of carbonyl (C=O) groups is 2. The molecule has 0 radical (unpaired) electrons. The van der Waals surface area contributed by atoms with Crippen molar-refractivity contribution in [3.63, 3.8) is 0 Å². The first-order valence-electron chi connectivity index (χ1n) is 7.38. The highest BCUT2D eigenvalue weighted by Crippen LogP contribution is 2.18. The molecule has 1 aromatic heterocycles. The van der Waals surface area contributed by atoms with E-state index in [0.717, 1.165) is 11.8 Å². The third kappa shape index (κ3) is 5.97. The molecule has 2 aromatic rings. The summed E-state index contributed by atoms with van der Waals surface area (Å²) in [6.07, 6.45) is 1.50. The van der Waals surface area contributed by atoms with Crippen molar-refractivity contribution >= 4 is 35.3 Å². The number of nitrogen functional groups attached to an aromatic ring is 1. The standard InChI is InChI=1S/C15H17ClN6O3S/c1-2-7-18-14(24)19-13(23)9-26-15-21-20-12(22(15)17)8-25-11-5-3-10(16)4-6-11/h2-6H,1,7-9,17H2,(H2,18,19,23,24). The maximum Gasteiger partial charge on any atom is 0.321 e. The van der Waals surface area contributed by atoms with Gasteiger partial charge in [-0.2, -0.15) is 0 Å². The minimum Gasteiger partial charge on any atom is -0.486 e. The van der Waals surface area contributed by atoms with E-state index < -0.39 is 11.9 Å². The number of halogens is 1. The molecule has 1 aromatic carbocycles. The van der Waals surface area contributed by atoms with Crippen LogP contribution in [0.15, 0.2) is 42.1 Å². The molecular formula is C15H17ClN6O3S. The van der Waals surface area contributed by atoms with Gasteiger partial charge in [0.05, 0.1) is 5.75 Å². The van der Waals surface area contributed by atoms with E-state index in [0.29, 0.717) is 21.8 Å². The molecule has 0 unspecified atom stereocenters. The molecule has 0 atom stereocenters. The van der Waals surface area contributed by atoms with Gasteiger partial charge in [0.1, 0.15) is 12.4 Å². The number of rotatable bonds is 8. The number of imide groups is 1. The normalized spacial score (nSPS) is 10.2. The van der Waals surface area contributed by atoms with Crippen LogP contribution < -0.4 is 21.2 Å². The second-order valence-electron chi connectivity index (χ2n) is 4.85. The van der Waals surface area contributed by atoms with Gasteiger partial charge in [0, 0.05) is 11.6 Å². The van der Waals surface area contributed by atoms with Crippen LogP contribution >= 0.6 is 23.4 Å². The van der Waals surface area contributed by atoms with Crippen molar-refractivity contribution in [3.8, 4) is 5.75 Å². The Balaban J connectivity index is 1.82. The monoisotopic (exact) mass is 396 g/mol. The van der Waals surface area contributed by atoms with E-state index in [1.807, 2.05) is 0 Å². The number of carbonyl (C=O) groups excluding carboxylic acids is 2. The average Bonchev–Trinajstić information content (AvgIpc) is 2.97. The van der Waals surface area contributed by atoms with Gasteiger partial charge in [-0.3, -0.25) is 10.1 Å². The minimum atomic E-state index is -0.596. The van der Waals surface area contributed by atoms with Crippen molar-refractivity contribution in [3.05, 3.63) is 47.8 Å². The van der Waals surface area contributed by atoms with Crippen molar-refractivity contribution in [2.24, 2.45) is 0 Å². The van der Waals surface area contributed by atoms with Gasteiger partial charge in [-0.05, 0) is 24.3 Å². The Morgan fingerprint density at radius 3 is 2.77 bits per heavy atom. The number of hydrogen-bond donors (Lipinski definition) is 3. The van der Waals surface area contributed by atoms with Gasteiger partial charge >= 0.3 is 6.03 Å². The highest BCUT2D eigenvalue weighted by molar-refractivity contribution is 7.99. The summed E-state index contributed by atoms with van der Waals surface area (Å²) in [5.74, 6) is 6.35. The molecule has 1 heterocycles. The van der Waals surface area contributed by atoms with Crippen molar-refractivity contribution in [1.29, 1.82) is 0 Å². The first kappa shape index (κ1) is 19.6. The SMILES string of the molecule is C=CCNC(=O)NC(=O)CSc1nnc(COc2ccc(Cl)cc2)n1N. The number of nitrogens with two attached hydrogens (primary N) is 1. The summed E-state index contributed by atoms with van der Waals surface area (Å²) in [6, 6.07) is 6.25. The van der Waals surface area contributed by atoms with Crippen LogP contribution in [0.3, 0.4) is 0 Å². The van der Waals surface area contributed by atoms with E-state index in [4.69, 9.17) is 22.2 Å². The lowest BCUT2D eigenvalue weighted by atomic mass is 10.3. The quantitative estimate of drug-likeness (QED) is 0.349. The predicted octanol–water partition coefficient (Wildman–Crippen LogP) is 1.33. The second kappa shape index (κ2) is 9.68. The van der Waals surface area contributed by atoms with Crippen molar-refractivity contribution < 1.29 is 14.3 Å². The third-order valence-corrected chi connectivity index (χ3v) is 4.10. The number of ether oxygens (including phenoxy) is 1. The largest absolute Gasteiger partial charge is 0.486 e. The molecule has 0 saturated heterocycles. The zero-order valence-corrected chi connectivity index (χ0v) is 15.2. The van der Waals surface area contributed by atoms with E-state index in [9.17, 15) is 9.59 Å². The maximum absolute atomic E-state index is 11.7. The van der Waals surface area contributed by atoms with E-state index in [1.165, 1.54) is 10.8 Å². The smallest absolute Gasteiger partial charge is 0.321 e. The van der Waals surface area contributed by atoms with Gasteiger partial charge in [0.15, 0.2) is 5.82 Å². The Kier molecular flexibility index (Phi) is 7.30. The number of nitrogens with one attached hydrogen (secondary N) is 2. The molecule has 0 bridgehead atoms.